The van der Waals surface area contributed by atoms with E-state index < -0.39 is 0 Å². The number of likely N-dealkylation sites (N-methyl/N-ethyl adjacent to an activating group) is 1. The number of pyridine rings is 1. The molecule has 5 heteroatoms. The Morgan fingerprint density at radius 1 is 1.08 bits per heavy atom. The Morgan fingerprint density at radius 2 is 1.81 bits per heavy atom. The average Bonchev–Trinajstić information content (AvgIpc) is 2.66. The van der Waals surface area contributed by atoms with Gasteiger partial charge in [0.05, 0.1) is 0 Å². The molecule has 0 aliphatic rings. The van der Waals surface area contributed by atoms with Crippen LogP contribution in [0.5, 0.6) is 5.75 Å². The molecule has 0 saturated heterocycles. The maximum atomic E-state index is 12.5. The third kappa shape index (κ3) is 3.94. The lowest BCUT2D eigenvalue weighted by atomic mass is 10.1. The molecule has 0 aliphatic carbocycles. The molecule has 0 saturated carbocycles. The molecule has 0 aliphatic heterocycles. The van der Waals surface area contributed by atoms with Gasteiger partial charge < -0.3 is 14.6 Å². The molecular weight excluding hydrogens is 328 g/mol. The summed E-state index contributed by atoms with van der Waals surface area (Å²) in [5, 5.41) is 0.934. The van der Waals surface area contributed by atoms with Crippen LogP contribution in [0.15, 0.2) is 59.4 Å². The fourth-order valence-corrected chi connectivity index (χ4v) is 2.94. The zero-order valence-electron chi connectivity index (χ0n) is 15.0. The largest absolute Gasteiger partial charge is 0.483 e. The van der Waals surface area contributed by atoms with E-state index in [1.165, 1.54) is 0 Å². The van der Waals surface area contributed by atoms with E-state index in [1.807, 2.05) is 55.5 Å². The molecular formula is C21H22N2O3. The topological polar surface area (TPSA) is 62.4 Å². The second kappa shape index (κ2) is 7.87. The number of aromatic nitrogens is 1. The van der Waals surface area contributed by atoms with Gasteiger partial charge in [0.15, 0.2) is 6.61 Å². The Balaban J connectivity index is 1.71. The van der Waals surface area contributed by atoms with Crippen LogP contribution >= 0.6 is 0 Å². The van der Waals surface area contributed by atoms with Gasteiger partial charge >= 0.3 is 0 Å². The van der Waals surface area contributed by atoms with Gasteiger partial charge in [0.1, 0.15) is 5.75 Å². The summed E-state index contributed by atoms with van der Waals surface area (Å²) in [5.41, 5.74) is 2.48. The van der Waals surface area contributed by atoms with Crippen molar-refractivity contribution < 1.29 is 9.53 Å². The van der Waals surface area contributed by atoms with Gasteiger partial charge in [-0.1, -0.05) is 43.3 Å². The quantitative estimate of drug-likeness (QED) is 0.743. The van der Waals surface area contributed by atoms with Gasteiger partial charge in [-0.15, -0.1) is 0 Å². The molecule has 1 aromatic heterocycles. The van der Waals surface area contributed by atoms with Crippen LogP contribution in [0.3, 0.4) is 0 Å². The van der Waals surface area contributed by atoms with Crippen molar-refractivity contribution in [3.05, 3.63) is 76.1 Å². The number of H-pyrrole nitrogens is 1. The number of amides is 1. The first kappa shape index (κ1) is 17.7. The normalized spacial score (nSPS) is 10.7. The summed E-state index contributed by atoms with van der Waals surface area (Å²) in [7, 11) is 1.72. The number of hydrogen-bond acceptors (Lipinski definition) is 3. The van der Waals surface area contributed by atoms with Gasteiger partial charge in [0.2, 0.25) is 5.56 Å². The van der Waals surface area contributed by atoms with Crippen LogP contribution in [0.2, 0.25) is 0 Å². The summed E-state index contributed by atoms with van der Waals surface area (Å²) in [6, 6.07) is 16.8. The van der Waals surface area contributed by atoms with E-state index in [1.54, 1.807) is 18.0 Å². The first-order valence-electron chi connectivity index (χ1n) is 8.64. The highest BCUT2D eigenvalue weighted by molar-refractivity contribution is 5.83. The van der Waals surface area contributed by atoms with Crippen molar-refractivity contribution in [2.24, 2.45) is 0 Å². The number of fused-ring (bicyclic) bond motifs is 1. The monoisotopic (exact) mass is 350 g/mol. The van der Waals surface area contributed by atoms with Crippen molar-refractivity contribution in [3.63, 3.8) is 0 Å². The number of carbonyl (C=O) groups is 1. The number of aromatic amines is 1. The number of rotatable bonds is 6. The van der Waals surface area contributed by atoms with E-state index in [0.29, 0.717) is 6.54 Å². The average molecular weight is 350 g/mol. The van der Waals surface area contributed by atoms with E-state index in [2.05, 4.69) is 4.98 Å². The van der Waals surface area contributed by atoms with E-state index in [-0.39, 0.29) is 18.1 Å². The van der Waals surface area contributed by atoms with Crippen molar-refractivity contribution in [2.45, 2.75) is 19.9 Å². The fourth-order valence-electron chi connectivity index (χ4n) is 2.94. The van der Waals surface area contributed by atoms with E-state index in [0.717, 1.165) is 34.2 Å². The highest BCUT2D eigenvalue weighted by atomic mass is 16.5. The van der Waals surface area contributed by atoms with Crippen LogP contribution in [0.25, 0.3) is 10.9 Å². The van der Waals surface area contributed by atoms with Gasteiger partial charge in [0.25, 0.3) is 5.91 Å². The zero-order chi connectivity index (χ0) is 18.5. The number of para-hydroxylation sites is 2. The molecule has 3 aromatic rings. The number of hydrogen-bond donors (Lipinski definition) is 1. The third-order valence-electron chi connectivity index (χ3n) is 4.37. The van der Waals surface area contributed by atoms with Gasteiger partial charge in [-0.25, -0.2) is 0 Å². The number of nitrogens with zero attached hydrogens (tertiary/aromatic N) is 1. The van der Waals surface area contributed by atoms with E-state index in [9.17, 15) is 9.59 Å². The Kier molecular flexibility index (Phi) is 5.37. The fraction of sp³-hybridized carbons (Fsp3) is 0.238. The van der Waals surface area contributed by atoms with Crippen LogP contribution < -0.4 is 10.3 Å². The van der Waals surface area contributed by atoms with Crippen LogP contribution in [0.1, 0.15) is 18.1 Å². The Morgan fingerprint density at radius 3 is 2.62 bits per heavy atom. The predicted octanol–water partition coefficient (Wildman–Crippen LogP) is 3.13. The maximum absolute atomic E-state index is 12.5. The summed E-state index contributed by atoms with van der Waals surface area (Å²) >= 11 is 0. The molecule has 0 unspecified atom stereocenters. The number of benzene rings is 2. The molecule has 1 amide bonds. The van der Waals surface area contributed by atoms with Crippen LogP contribution in [-0.4, -0.2) is 29.4 Å². The number of nitrogens with one attached hydrogen (secondary N) is 1. The molecule has 0 radical (unpaired) electrons. The van der Waals surface area contributed by atoms with Crippen LogP contribution in [-0.2, 0) is 17.8 Å². The number of carbonyl (C=O) groups excluding carboxylic acids is 1. The van der Waals surface area contributed by atoms with Crippen molar-refractivity contribution in [3.8, 4) is 5.75 Å². The van der Waals surface area contributed by atoms with Gasteiger partial charge in [0, 0.05) is 30.6 Å². The second-order valence-electron chi connectivity index (χ2n) is 6.20. The number of ether oxygens (including phenoxy) is 1. The SMILES string of the molecule is CCc1ccccc1OCC(=O)N(C)Cc1cc(=O)[nH]c2ccccc12. The molecule has 0 fully saturated rings. The molecule has 3 rings (SSSR count). The smallest absolute Gasteiger partial charge is 0.260 e. The lowest BCUT2D eigenvalue weighted by molar-refractivity contribution is -0.132. The van der Waals surface area contributed by atoms with Crippen molar-refractivity contribution in [2.75, 3.05) is 13.7 Å². The molecule has 134 valence electrons. The summed E-state index contributed by atoms with van der Waals surface area (Å²) in [4.78, 5) is 28.7. The molecule has 0 atom stereocenters. The van der Waals surface area contributed by atoms with Gasteiger partial charge in [-0.2, -0.15) is 0 Å². The minimum Gasteiger partial charge on any atom is -0.483 e. The Bertz CT molecular complexity index is 978. The second-order valence-corrected chi connectivity index (χ2v) is 6.20. The molecule has 2 aromatic carbocycles. The van der Waals surface area contributed by atoms with E-state index in [4.69, 9.17) is 4.74 Å². The molecule has 26 heavy (non-hydrogen) atoms. The first-order chi connectivity index (χ1) is 12.6. The standard InChI is InChI=1S/C21H22N2O3/c1-3-15-8-4-7-11-19(15)26-14-21(25)23(2)13-16-12-20(24)22-18-10-6-5-9-17(16)18/h4-12H,3,13-14H2,1-2H3,(H,22,24). The van der Waals surface area contributed by atoms with Gasteiger partial charge in [-0.3, -0.25) is 9.59 Å². The summed E-state index contributed by atoms with van der Waals surface area (Å²) < 4.78 is 5.70. The molecule has 0 bridgehead atoms. The highest BCUT2D eigenvalue weighted by Gasteiger charge is 2.13. The number of aryl methyl sites for hydroxylation is 1. The molecule has 0 spiro atoms. The molecule has 1 N–H and O–H groups in total. The third-order valence-corrected chi connectivity index (χ3v) is 4.37. The highest BCUT2D eigenvalue weighted by Crippen LogP contribution is 2.19. The Hall–Kier alpha value is -3.08. The van der Waals surface area contributed by atoms with E-state index >= 15 is 0 Å². The minimum absolute atomic E-state index is 0.0331. The lowest BCUT2D eigenvalue weighted by Crippen LogP contribution is -2.31. The zero-order valence-corrected chi connectivity index (χ0v) is 15.0. The molecule has 5 nitrogen and oxygen atoms in total. The Labute approximate surface area is 152 Å². The predicted molar refractivity (Wildman–Crippen MR) is 102 cm³/mol. The lowest BCUT2D eigenvalue weighted by Gasteiger charge is -2.19. The first-order valence-corrected chi connectivity index (χ1v) is 8.64. The summed E-state index contributed by atoms with van der Waals surface area (Å²) in [6.45, 7) is 2.37. The summed E-state index contributed by atoms with van der Waals surface area (Å²) in [6.07, 6.45) is 0.846. The van der Waals surface area contributed by atoms with Crippen molar-refractivity contribution in [1.29, 1.82) is 0 Å². The minimum atomic E-state index is -0.173. The summed E-state index contributed by atoms with van der Waals surface area (Å²) in [5.74, 6) is 0.596. The van der Waals surface area contributed by atoms with Crippen LogP contribution in [0, 0.1) is 0 Å². The maximum Gasteiger partial charge on any atom is 0.260 e. The molecule has 1 heterocycles. The van der Waals surface area contributed by atoms with Crippen molar-refractivity contribution >= 4 is 16.8 Å². The van der Waals surface area contributed by atoms with Crippen LogP contribution in [0.4, 0.5) is 0 Å². The van der Waals surface area contributed by atoms with Gasteiger partial charge in [-0.05, 0) is 29.7 Å². The van der Waals surface area contributed by atoms with Crippen molar-refractivity contribution in [1.82, 2.24) is 9.88 Å².